The molecule has 5 heteroatoms. The first-order chi connectivity index (χ1) is 5.74. The molecule has 12 heavy (non-hydrogen) atoms. The zero-order valence-corrected chi connectivity index (χ0v) is 6.43. The normalized spacial score (nSPS) is 12.8. The van der Waals surface area contributed by atoms with Gasteiger partial charge in [0.25, 0.3) is 0 Å². The number of carbonyl (C=O) groups is 1. The summed E-state index contributed by atoms with van der Waals surface area (Å²) in [5.41, 5.74) is 5.36. The van der Waals surface area contributed by atoms with Crippen molar-refractivity contribution in [1.82, 2.24) is 4.98 Å². The first kappa shape index (κ1) is 8.73. The number of oxazole rings is 1. The Morgan fingerprint density at radius 3 is 3.00 bits per heavy atom. The van der Waals surface area contributed by atoms with Crippen LogP contribution >= 0.6 is 0 Å². The maximum atomic E-state index is 10.3. The highest BCUT2D eigenvalue weighted by Gasteiger charge is 2.16. The van der Waals surface area contributed by atoms with E-state index in [9.17, 15) is 4.79 Å². The van der Waals surface area contributed by atoms with Crippen molar-refractivity contribution in [2.24, 2.45) is 5.73 Å². The van der Waals surface area contributed by atoms with Crippen LogP contribution in [0, 0.1) is 0 Å². The van der Waals surface area contributed by atoms with Crippen molar-refractivity contribution in [2.45, 2.75) is 12.3 Å². The minimum absolute atomic E-state index is 0.0221. The molecule has 0 fully saturated rings. The van der Waals surface area contributed by atoms with Crippen LogP contribution in [0.25, 0.3) is 0 Å². The summed E-state index contributed by atoms with van der Waals surface area (Å²) in [6.07, 6.45) is 2.73. The molecule has 1 atom stereocenters. The van der Waals surface area contributed by atoms with E-state index in [1.165, 1.54) is 12.6 Å². The van der Waals surface area contributed by atoms with Crippen LogP contribution < -0.4 is 5.73 Å². The Morgan fingerprint density at radius 1 is 1.83 bits per heavy atom. The Kier molecular flexibility index (Phi) is 2.82. The fourth-order valence-electron chi connectivity index (χ4n) is 0.938. The van der Waals surface area contributed by atoms with Gasteiger partial charge in [0.15, 0.2) is 6.39 Å². The highest BCUT2D eigenvalue weighted by molar-refractivity contribution is 5.67. The van der Waals surface area contributed by atoms with E-state index in [0.29, 0.717) is 5.76 Å². The highest BCUT2D eigenvalue weighted by Crippen LogP contribution is 2.16. The van der Waals surface area contributed by atoms with E-state index < -0.39 is 5.97 Å². The number of hydrogen-bond acceptors (Lipinski definition) is 4. The average Bonchev–Trinajstić information content (AvgIpc) is 2.51. The molecular weight excluding hydrogens is 160 g/mol. The highest BCUT2D eigenvalue weighted by atomic mass is 16.4. The van der Waals surface area contributed by atoms with Crippen molar-refractivity contribution in [3.05, 3.63) is 18.4 Å². The van der Waals surface area contributed by atoms with Gasteiger partial charge < -0.3 is 15.3 Å². The predicted octanol–water partition coefficient (Wildman–Crippen LogP) is 0.192. The number of nitrogens with two attached hydrogens (primary N) is 1. The molecule has 1 aromatic heterocycles. The SMILES string of the molecule is NCC(CC(=O)O)c1cnco1. The van der Waals surface area contributed by atoms with Gasteiger partial charge in [-0.1, -0.05) is 0 Å². The molecule has 0 radical (unpaired) electrons. The van der Waals surface area contributed by atoms with Gasteiger partial charge >= 0.3 is 5.97 Å². The van der Waals surface area contributed by atoms with Gasteiger partial charge in [0.1, 0.15) is 5.76 Å². The second kappa shape index (κ2) is 3.87. The van der Waals surface area contributed by atoms with Crippen molar-refractivity contribution < 1.29 is 14.3 Å². The third-order valence-corrected chi connectivity index (χ3v) is 1.56. The molecule has 1 unspecified atom stereocenters. The molecule has 0 amide bonds. The lowest BCUT2D eigenvalue weighted by molar-refractivity contribution is -0.137. The smallest absolute Gasteiger partial charge is 0.304 e. The Balaban J connectivity index is 2.63. The zero-order chi connectivity index (χ0) is 8.97. The van der Waals surface area contributed by atoms with E-state index in [2.05, 4.69) is 4.98 Å². The molecular formula is C7H10N2O3. The largest absolute Gasteiger partial charge is 0.481 e. The van der Waals surface area contributed by atoms with E-state index in [-0.39, 0.29) is 18.9 Å². The van der Waals surface area contributed by atoms with Crippen LogP contribution in [0.3, 0.4) is 0 Å². The van der Waals surface area contributed by atoms with Crippen LogP contribution in [0.15, 0.2) is 17.0 Å². The van der Waals surface area contributed by atoms with Gasteiger partial charge in [0.05, 0.1) is 12.6 Å². The standard InChI is InChI=1S/C7H10N2O3/c8-2-5(1-7(10)11)6-3-9-4-12-6/h3-5H,1-2,8H2,(H,10,11). The quantitative estimate of drug-likeness (QED) is 0.673. The summed E-state index contributed by atoms with van der Waals surface area (Å²) in [4.78, 5) is 14.0. The van der Waals surface area contributed by atoms with Crippen LogP contribution in [0.5, 0.6) is 0 Å². The van der Waals surface area contributed by atoms with Crippen LogP contribution in [0.1, 0.15) is 18.1 Å². The molecule has 0 aliphatic carbocycles. The molecule has 0 bridgehead atoms. The maximum Gasteiger partial charge on any atom is 0.304 e. The molecule has 1 rings (SSSR count). The van der Waals surface area contributed by atoms with Gasteiger partial charge in [-0.05, 0) is 0 Å². The fourth-order valence-corrected chi connectivity index (χ4v) is 0.938. The fraction of sp³-hybridized carbons (Fsp3) is 0.429. The van der Waals surface area contributed by atoms with E-state index in [0.717, 1.165) is 0 Å². The predicted molar refractivity (Wildman–Crippen MR) is 40.6 cm³/mol. The van der Waals surface area contributed by atoms with Gasteiger partial charge in [-0.2, -0.15) is 0 Å². The molecule has 66 valence electrons. The number of aliphatic carboxylic acids is 1. The van der Waals surface area contributed by atoms with Gasteiger partial charge in [-0.15, -0.1) is 0 Å². The summed E-state index contributed by atoms with van der Waals surface area (Å²) in [6, 6.07) is 0. The summed E-state index contributed by atoms with van der Waals surface area (Å²) < 4.78 is 4.93. The number of carboxylic acid groups (broad SMARTS) is 1. The molecule has 0 aliphatic rings. The summed E-state index contributed by atoms with van der Waals surface area (Å²) in [7, 11) is 0. The van der Waals surface area contributed by atoms with Gasteiger partial charge in [0, 0.05) is 12.5 Å². The van der Waals surface area contributed by atoms with E-state index in [1.54, 1.807) is 0 Å². The molecule has 0 saturated heterocycles. The van der Waals surface area contributed by atoms with Crippen molar-refractivity contribution >= 4 is 5.97 Å². The number of aromatic nitrogens is 1. The molecule has 0 aromatic carbocycles. The van der Waals surface area contributed by atoms with Crippen LogP contribution in [-0.2, 0) is 4.79 Å². The van der Waals surface area contributed by atoms with Gasteiger partial charge in [-0.25, -0.2) is 4.98 Å². The summed E-state index contributed by atoms with van der Waals surface area (Å²) in [5, 5.41) is 8.50. The van der Waals surface area contributed by atoms with E-state index in [1.807, 2.05) is 0 Å². The number of hydrogen-bond donors (Lipinski definition) is 2. The second-order valence-corrected chi connectivity index (χ2v) is 2.43. The van der Waals surface area contributed by atoms with Crippen molar-refractivity contribution in [1.29, 1.82) is 0 Å². The molecule has 0 saturated carbocycles. The van der Waals surface area contributed by atoms with E-state index in [4.69, 9.17) is 15.3 Å². The lowest BCUT2D eigenvalue weighted by Gasteiger charge is -2.06. The molecule has 1 aromatic rings. The minimum Gasteiger partial charge on any atom is -0.481 e. The Labute approximate surface area is 69.2 Å². The van der Waals surface area contributed by atoms with Gasteiger partial charge in [0.2, 0.25) is 0 Å². The topological polar surface area (TPSA) is 89.4 Å². The average molecular weight is 170 g/mol. The summed E-state index contributed by atoms with van der Waals surface area (Å²) >= 11 is 0. The number of rotatable bonds is 4. The van der Waals surface area contributed by atoms with Crippen molar-refractivity contribution in [2.75, 3.05) is 6.54 Å². The Bertz CT molecular complexity index is 245. The van der Waals surface area contributed by atoms with Crippen LogP contribution in [0.4, 0.5) is 0 Å². The van der Waals surface area contributed by atoms with Crippen molar-refractivity contribution in [3.8, 4) is 0 Å². The second-order valence-electron chi connectivity index (χ2n) is 2.43. The zero-order valence-electron chi connectivity index (χ0n) is 6.43. The first-order valence-corrected chi connectivity index (χ1v) is 3.54. The van der Waals surface area contributed by atoms with Crippen molar-refractivity contribution in [3.63, 3.8) is 0 Å². The van der Waals surface area contributed by atoms with Crippen LogP contribution in [-0.4, -0.2) is 22.6 Å². The third kappa shape index (κ3) is 2.06. The van der Waals surface area contributed by atoms with Crippen LogP contribution in [0.2, 0.25) is 0 Å². The molecule has 5 nitrogen and oxygen atoms in total. The molecule has 0 aliphatic heterocycles. The monoisotopic (exact) mass is 170 g/mol. The lowest BCUT2D eigenvalue weighted by atomic mass is 10.0. The molecule has 0 spiro atoms. The molecule has 3 N–H and O–H groups in total. The summed E-state index contributed by atoms with van der Waals surface area (Å²) in [6.45, 7) is 0.251. The summed E-state index contributed by atoms with van der Waals surface area (Å²) in [5.74, 6) is -0.633. The van der Waals surface area contributed by atoms with E-state index >= 15 is 0 Å². The maximum absolute atomic E-state index is 10.3. The number of nitrogens with zero attached hydrogens (tertiary/aromatic N) is 1. The van der Waals surface area contributed by atoms with Gasteiger partial charge in [-0.3, -0.25) is 4.79 Å². The first-order valence-electron chi connectivity index (χ1n) is 3.54. The molecule has 1 heterocycles. The number of carboxylic acids is 1. The minimum atomic E-state index is -0.887. The lowest BCUT2D eigenvalue weighted by Crippen LogP contribution is -2.15. The Morgan fingerprint density at radius 2 is 2.58 bits per heavy atom. The Hall–Kier alpha value is -1.36. The third-order valence-electron chi connectivity index (χ3n) is 1.56.